The number of aryl methyl sites for hydroxylation is 1. The van der Waals surface area contributed by atoms with Gasteiger partial charge in [0.25, 0.3) is 5.56 Å². The summed E-state index contributed by atoms with van der Waals surface area (Å²) in [5.74, 6) is 0. The molecule has 1 aliphatic carbocycles. The number of aromatic nitrogens is 3. The van der Waals surface area contributed by atoms with E-state index in [1.54, 1.807) is 6.92 Å². The number of aliphatic hydroxyl groups is 1. The van der Waals surface area contributed by atoms with Crippen LogP contribution in [0.4, 0.5) is 0 Å². The maximum absolute atomic E-state index is 12.9. The average Bonchev–Trinajstić information content (AvgIpc) is 2.83. The molecule has 124 valence electrons. The minimum atomic E-state index is -3.73. The fraction of sp³-hybridized carbons (Fsp3) is 0.533. The average molecular weight is 340 g/mol. The Balaban J connectivity index is 2.44. The lowest BCUT2D eigenvalue weighted by Crippen LogP contribution is -2.38. The van der Waals surface area contributed by atoms with Gasteiger partial charge in [0.15, 0.2) is 0 Å². The van der Waals surface area contributed by atoms with E-state index in [4.69, 9.17) is 4.11 Å². The van der Waals surface area contributed by atoms with Gasteiger partial charge < -0.3 is 5.11 Å². The molecule has 2 heterocycles. The quantitative estimate of drug-likeness (QED) is 0.818. The third kappa shape index (κ3) is 2.66. The van der Waals surface area contributed by atoms with Crippen molar-refractivity contribution in [2.75, 3.05) is 6.26 Å². The zero-order chi connectivity index (χ0) is 19.5. The predicted octanol–water partition coefficient (Wildman–Crippen LogP) is 0.979. The van der Waals surface area contributed by atoms with Gasteiger partial charge >= 0.3 is 0 Å². The summed E-state index contributed by atoms with van der Waals surface area (Å²) in [5, 5.41) is 10.4. The number of nitrogens with zero attached hydrogens (tertiary/aromatic N) is 3. The van der Waals surface area contributed by atoms with Crippen molar-refractivity contribution >= 4 is 20.9 Å². The second kappa shape index (κ2) is 5.10. The highest BCUT2D eigenvalue weighted by Crippen LogP contribution is 2.39. The molecule has 2 atom stereocenters. The summed E-state index contributed by atoms with van der Waals surface area (Å²) >= 11 is 0. The van der Waals surface area contributed by atoms with Crippen molar-refractivity contribution in [3.63, 3.8) is 0 Å². The van der Waals surface area contributed by atoms with Gasteiger partial charge in [-0.2, -0.15) is 4.98 Å². The summed E-state index contributed by atoms with van der Waals surface area (Å²) in [6.45, 7) is -1.09. The van der Waals surface area contributed by atoms with Gasteiger partial charge in [-0.15, -0.1) is 0 Å². The molecular formula is C15H19N3O4S. The highest BCUT2D eigenvalue weighted by Gasteiger charge is 2.39. The van der Waals surface area contributed by atoms with E-state index < -0.39 is 44.6 Å². The standard InChI is InChI=1S/C15H19N3O4S/c1-9-7-10-8-16-14(23(3,21)22)17-12(10)18(13(9)19)11-5-4-6-15(11,2)20/h7-8,11,20H,4-6H2,1-3H3/t11-,15-/m1/s1/i1D3. The second-order valence-electron chi connectivity index (χ2n) is 6.20. The maximum atomic E-state index is 12.9. The highest BCUT2D eigenvalue weighted by atomic mass is 32.2. The maximum Gasteiger partial charge on any atom is 0.255 e. The van der Waals surface area contributed by atoms with E-state index in [0.29, 0.717) is 19.3 Å². The fourth-order valence-corrected chi connectivity index (χ4v) is 3.61. The van der Waals surface area contributed by atoms with Crippen molar-refractivity contribution in [1.82, 2.24) is 14.5 Å². The third-order valence-corrected chi connectivity index (χ3v) is 5.13. The first-order valence-corrected chi connectivity index (χ1v) is 9.07. The molecule has 0 radical (unpaired) electrons. The minimum Gasteiger partial charge on any atom is -0.388 e. The van der Waals surface area contributed by atoms with Crippen LogP contribution in [0.1, 0.15) is 41.9 Å². The van der Waals surface area contributed by atoms with Crippen molar-refractivity contribution < 1.29 is 17.6 Å². The summed E-state index contributed by atoms with van der Waals surface area (Å²) in [6.07, 6.45) is 3.67. The summed E-state index contributed by atoms with van der Waals surface area (Å²) < 4.78 is 47.6. The topological polar surface area (TPSA) is 102 Å². The second-order valence-corrected chi connectivity index (χ2v) is 8.11. The Morgan fingerprint density at radius 3 is 2.83 bits per heavy atom. The lowest BCUT2D eigenvalue weighted by Gasteiger charge is -2.28. The number of fused-ring (bicyclic) bond motifs is 1. The molecular weight excluding hydrogens is 318 g/mol. The van der Waals surface area contributed by atoms with Crippen LogP contribution in [-0.4, -0.2) is 39.9 Å². The largest absolute Gasteiger partial charge is 0.388 e. The Labute approximate surface area is 138 Å². The summed E-state index contributed by atoms with van der Waals surface area (Å²) in [5.41, 5.74) is -2.45. The smallest absolute Gasteiger partial charge is 0.255 e. The molecule has 0 saturated heterocycles. The first kappa shape index (κ1) is 12.6. The summed E-state index contributed by atoms with van der Waals surface area (Å²) in [4.78, 5) is 20.7. The zero-order valence-corrected chi connectivity index (χ0v) is 13.6. The lowest BCUT2D eigenvalue weighted by molar-refractivity contribution is 0.0266. The molecule has 2 aromatic rings. The Morgan fingerprint density at radius 2 is 2.26 bits per heavy atom. The molecule has 0 aliphatic heterocycles. The van der Waals surface area contributed by atoms with Crippen molar-refractivity contribution in [3.05, 3.63) is 28.2 Å². The molecule has 2 aromatic heterocycles. The molecule has 1 N–H and O–H groups in total. The number of hydrogen-bond acceptors (Lipinski definition) is 6. The molecule has 0 amide bonds. The van der Waals surface area contributed by atoms with Crippen LogP contribution in [0.15, 0.2) is 22.2 Å². The van der Waals surface area contributed by atoms with Crippen molar-refractivity contribution in [2.24, 2.45) is 0 Å². The molecule has 0 spiro atoms. The minimum absolute atomic E-state index is 0.00519. The number of rotatable bonds is 2. The predicted molar refractivity (Wildman–Crippen MR) is 85.2 cm³/mol. The van der Waals surface area contributed by atoms with E-state index in [0.717, 1.165) is 16.9 Å². The molecule has 3 rings (SSSR count). The molecule has 7 nitrogen and oxygen atoms in total. The van der Waals surface area contributed by atoms with E-state index in [1.807, 2.05) is 0 Å². The fourth-order valence-electron chi connectivity index (χ4n) is 3.11. The highest BCUT2D eigenvalue weighted by molar-refractivity contribution is 7.90. The van der Waals surface area contributed by atoms with Crippen molar-refractivity contribution in [3.8, 4) is 0 Å². The normalized spacial score (nSPS) is 27.6. The monoisotopic (exact) mass is 340 g/mol. The summed E-state index contributed by atoms with van der Waals surface area (Å²) in [7, 11) is -3.73. The van der Waals surface area contributed by atoms with Crippen LogP contribution in [0.3, 0.4) is 0 Å². The van der Waals surface area contributed by atoms with E-state index in [1.165, 1.54) is 6.20 Å². The SMILES string of the molecule is [2H]C([2H])([2H])c1cc2cnc(S(C)(=O)=O)nc2n([C@@H]2CCC[C@@]2(C)O)c1=O. The Morgan fingerprint density at radius 1 is 1.52 bits per heavy atom. The third-order valence-electron chi connectivity index (χ3n) is 4.27. The van der Waals surface area contributed by atoms with Crippen LogP contribution in [0.25, 0.3) is 11.0 Å². The van der Waals surface area contributed by atoms with Gasteiger partial charge in [-0.3, -0.25) is 9.36 Å². The first-order valence-electron chi connectivity index (χ1n) is 8.67. The van der Waals surface area contributed by atoms with E-state index in [-0.39, 0.29) is 11.0 Å². The summed E-state index contributed by atoms with van der Waals surface area (Å²) in [6, 6.07) is 0.457. The Hall–Kier alpha value is -1.80. The van der Waals surface area contributed by atoms with Crippen LogP contribution >= 0.6 is 0 Å². The molecule has 8 heteroatoms. The van der Waals surface area contributed by atoms with Gasteiger partial charge in [0.1, 0.15) is 5.65 Å². The van der Waals surface area contributed by atoms with Gasteiger partial charge in [0.05, 0.1) is 11.6 Å². The van der Waals surface area contributed by atoms with Crippen molar-refractivity contribution in [2.45, 2.75) is 49.8 Å². The molecule has 0 aromatic carbocycles. The molecule has 0 bridgehead atoms. The van der Waals surface area contributed by atoms with Crippen LogP contribution in [0.5, 0.6) is 0 Å². The molecule has 0 unspecified atom stereocenters. The van der Waals surface area contributed by atoms with E-state index >= 15 is 0 Å². The lowest BCUT2D eigenvalue weighted by atomic mass is 9.99. The molecule has 1 saturated carbocycles. The van der Waals surface area contributed by atoms with Crippen LogP contribution < -0.4 is 5.56 Å². The number of hydrogen-bond donors (Lipinski definition) is 1. The first-order chi connectivity index (χ1) is 11.8. The Bertz CT molecular complexity index is 1040. The van der Waals surface area contributed by atoms with Gasteiger partial charge in [-0.05, 0) is 39.1 Å². The molecule has 23 heavy (non-hydrogen) atoms. The zero-order valence-electron chi connectivity index (χ0n) is 15.8. The molecule has 1 fully saturated rings. The van der Waals surface area contributed by atoms with Crippen LogP contribution in [-0.2, 0) is 9.84 Å². The van der Waals surface area contributed by atoms with Gasteiger partial charge in [0.2, 0.25) is 15.0 Å². The van der Waals surface area contributed by atoms with Crippen LogP contribution in [0.2, 0.25) is 0 Å². The van der Waals surface area contributed by atoms with Gasteiger partial charge in [-0.25, -0.2) is 13.4 Å². The number of sulfone groups is 1. The van der Waals surface area contributed by atoms with Gasteiger partial charge in [-0.1, -0.05) is 0 Å². The number of pyridine rings is 1. The Kier molecular flexibility index (Phi) is 2.80. The van der Waals surface area contributed by atoms with Crippen LogP contribution in [0, 0.1) is 6.85 Å². The van der Waals surface area contributed by atoms with Crippen molar-refractivity contribution in [1.29, 1.82) is 0 Å². The van der Waals surface area contributed by atoms with E-state index in [2.05, 4.69) is 9.97 Å². The van der Waals surface area contributed by atoms with E-state index in [9.17, 15) is 18.3 Å². The molecule has 1 aliphatic rings. The van der Waals surface area contributed by atoms with Gasteiger partial charge in [0, 0.05) is 27.5 Å².